The molecule has 0 bridgehead atoms. The van der Waals surface area contributed by atoms with Gasteiger partial charge >= 0.3 is 0 Å². The highest BCUT2D eigenvalue weighted by molar-refractivity contribution is 6.01. The lowest BCUT2D eigenvalue weighted by Gasteiger charge is -2.14. The number of hydrogen-bond donors (Lipinski definition) is 0. The number of imide groups is 1. The molecule has 0 spiro atoms. The minimum atomic E-state index is -0.141. The van der Waals surface area contributed by atoms with E-state index in [-0.39, 0.29) is 25.0 Å². The van der Waals surface area contributed by atoms with Gasteiger partial charge in [-0.1, -0.05) is 12.1 Å². The number of hydrogen-bond acceptors (Lipinski definition) is 5. The van der Waals surface area contributed by atoms with Gasteiger partial charge in [0.1, 0.15) is 12.4 Å². The quantitative estimate of drug-likeness (QED) is 0.788. The van der Waals surface area contributed by atoms with E-state index in [4.69, 9.17) is 10.00 Å². The van der Waals surface area contributed by atoms with Gasteiger partial charge < -0.3 is 4.74 Å². The third-order valence-corrected chi connectivity index (χ3v) is 3.78. The Morgan fingerprint density at radius 2 is 1.79 bits per heavy atom. The average molecular weight is 321 g/mol. The van der Waals surface area contributed by atoms with E-state index in [2.05, 4.69) is 11.1 Å². The molecule has 0 N–H and O–H groups in total. The summed E-state index contributed by atoms with van der Waals surface area (Å²) in [5.74, 6) is 0.294. The highest BCUT2D eigenvalue weighted by Gasteiger charge is 2.28. The van der Waals surface area contributed by atoms with Crippen molar-refractivity contribution in [2.75, 3.05) is 13.2 Å². The topological polar surface area (TPSA) is 83.3 Å². The van der Waals surface area contributed by atoms with Crippen molar-refractivity contribution in [3.63, 3.8) is 0 Å². The third kappa shape index (κ3) is 3.41. The summed E-state index contributed by atoms with van der Waals surface area (Å²) < 4.78 is 5.54. The first kappa shape index (κ1) is 15.7. The minimum absolute atomic E-state index is 0.141. The summed E-state index contributed by atoms with van der Waals surface area (Å²) in [6.07, 6.45) is 2.18. The van der Waals surface area contributed by atoms with Crippen molar-refractivity contribution in [2.24, 2.45) is 0 Å². The van der Waals surface area contributed by atoms with Gasteiger partial charge in [0.2, 0.25) is 11.8 Å². The highest BCUT2D eigenvalue weighted by Crippen LogP contribution is 2.20. The summed E-state index contributed by atoms with van der Waals surface area (Å²) in [6, 6.07) is 12.8. The van der Waals surface area contributed by atoms with Crippen molar-refractivity contribution in [2.45, 2.75) is 12.8 Å². The molecule has 0 atom stereocenters. The maximum absolute atomic E-state index is 11.5. The lowest BCUT2D eigenvalue weighted by Crippen LogP contribution is -2.33. The summed E-state index contributed by atoms with van der Waals surface area (Å²) in [5.41, 5.74) is 2.29. The van der Waals surface area contributed by atoms with Crippen LogP contribution < -0.4 is 4.74 Å². The zero-order chi connectivity index (χ0) is 16.9. The van der Waals surface area contributed by atoms with E-state index in [9.17, 15) is 9.59 Å². The fourth-order valence-corrected chi connectivity index (χ4v) is 2.48. The maximum Gasteiger partial charge on any atom is 0.229 e. The molecule has 1 saturated heterocycles. The second-order valence-electron chi connectivity index (χ2n) is 5.36. The first-order chi connectivity index (χ1) is 11.7. The second-order valence-corrected chi connectivity index (χ2v) is 5.36. The molecule has 2 aromatic rings. The Morgan fingerprint density at radius 3 is 2.38 bits per heavy atom. The molecule has 2 heterocycles. The molecule has 1 aliphatic heterocycles. The summed E-state index contributed by atoms with van der Waals surface area (Å²) in [5, 5.41) is 8.80. The van der Waals surface area contributed by atoms with Gasteiger partial charge in [-0.15, -0.1) is 0 Å². The van der Waals surface area contributed by atoms with E-state index in [1.165, 1.54) is 4.90 Å². The van der Waals surface area contributed by atoms with Crippen LogP contribution in [0.25, 0.3) is 11.3 Å². The fraction of sp³-hybridized carbons (Fsp3) is 0.222. The zero-order valence-electron chi connectivity index (χ0n) is 12.9. The molecule has 2 amide bonds. The van der Waals surface area contributed by atoms with Crippen LogP contribution in [0.15, 0.2) is 42.6 Å². The van der Waals surface area contributed by atoms with E-state index >= 15 is 0 Å². The number of benzene rings is 1. The zero-order valence-corrected chi connectivity index (χ0v) is 12.9. The lowest BCUT2D eigenvalue weighted by atomic mass is 10.1. The largest absolute Gasteiger partial charge is 0.490 e. The van der Waals surface area contributed by atoms with Crippen molar-refractivity contribution in [1.82, 2.24) is 9.88 Å². The Bertz CT molecular complexity index is 776. The maximum atomic E-state index is 11.5. The van der Waals surface area contributed by atoms with Crippen LogP contribution in [0, 0.1) is 11.3 Å². The van der Waals surface area contributed by atoms with Crippen LogP contribution in [0.3, 0.4) is 0 Å². The summed E-state index contributed by atoms with van der Waals surface area (Å²) in [4.78, 5) is 28.5. The van der Waals surface area contributed by atoms with E-state index < -0.39 is 0 Å². The van der Waals surface area contributed by atoms with Crippen LogP contribution >= 0.6 is 0 Å². The van der Waals surface area contributed by atoms with Crippen LogP contribution in [0.5, 0.6) is 5.75 Å². The second kappa shape index (κ2) is 6.92. The number of pyridine rings is 1. The number of likely N-dealkylation sites (tertiary alicyclic amines) is 1. The van der Waals surface area contributed by atoms with E-state index in [1.54, 1.807) is 24.4 Å². The number of rotatable bonds is 5. The fourth-order valence-electron chi connectivity index (χ4n) is 2.48. The third-order valence-electron chi connectivity index (χ3n) is 3.78. The number of nitriles is 1. The van der Waals surface area contributed by atoms with Gasteiger partial charge in [0.05, 0.1) is 30.1 Å². The lowest BCUT2D eigenvalue weighted by molar-refractivity contribution is -0.138. The molecule has 1 fully saturated rings. The van der Waals surface area contributed by atoms with E-state index in [0.717, 1.165) is 11.3 Å². The molecule has 24 heavy (non-hydrogen) atoms. The van der Waals surface area contributed by atoms with Crippen LogP contribution in [0.2, 0.25) is 0 Å². The monoisotopic (exact) mass is 321 g/mol. The van der Waals surface area contributed by atoms with E-state index in [1.807, 2.05) is 18.2 Å². The van der Waals surface area contributed by atoms with Crippen molar-refractivity contribution in [3.05, 3.63) is 48.2 Å². The standard InChI is InChI=1S/C18H15N3O3/c19-11-13-1-3-14(4-2-13)16-6-5-15(12-20-16)24-10-9-21-17(22)7-8-18(21)23/h1-6,12H,7-10H2. The number of aromatic nitrogens is 1. The van der Waals surface area contributed by atoms with Crippen molar-refractivity contribution in [3.8, 4) is 23.1 Å². The molecule has 0 aliphatic carbocycles. The number of ether oxygens (including phenoxy) is 1. The smallest absolute Gasteiger partial charge is 0.229 e. The predicted molar refractivity (Wildman–Crippen MR) is 85.8 cm³/mol. The first-order valence-electron chi connectivity index (χ1n) is 7.60. The van der Waals surface area contributed by atoms with Gasteiger partial charge in [0, 0.05) is 18.4 Å². The van der Waals surface area contributed by atoms with Crippen molar-refractivity contribution < 1.29 is 14.3 Å². The molecule has 6 nitrogen and oxygen atoms in total. The number of nitrogens with zero attached hydrogens (tertiary/aromatic N) is 3. The molecule has 120 valence electrons. The van der Waals surface area contributed by atoms with Crippen LogP contribution in [0.1, 0.15) is 18.4 Å². The van der Waals surface area contributed by atoms with Crippen molar-refractivity contribution >= 4 is 11.8 Å². The van der Waals surface area contributed by atoms with Gasteiger partial charge in [-0.25, -0.2) is 0 Å². The van der Waals surface area contributed by atoms with Crippen LogP contribution in [-0.2, 0) is 9.59 Å². The van der Waals surface area contributed by atoms with Gasteiger partial charge in [-0.2, -0.15) is 5.26 Å². The van der Waals surface area contributed by atoms with Gasteiger partial charge in [-0.05, 0) is 24.3 Å². The number of carbonyl (C=O) groups excluding carboxylic acids is 2. The molecule has 1 aromatic heterocycles. The summed E-state index contributed by atoms with van der Waals surface area (Å²) >= 11 is 0. The number of carbonyl (C=O) groups is 2. The minimum Gasteiger partial charge on any atom is -0.490 e. The summed E-state index contributed by atoms with van der Waals surface area (Å²) in [7, 11) is 0. The predicted octanol–water partition coefficient (Wildman–Crippen LogP) is 2.15. The molecule has 0 saturated carbocycles. The van der Waals surface area contributed by atoms with Crippen LogP contribution in [0.4, 0.5) is 0 Å². The van der Waals surface area contributed by atoms with Gasteiger partial charge in [0.15, 0.2) is 0 Å². The van der Waals surface area contributed by atoms with Crippen molar-refractivity contribution in [1.29, 1.82) is 5.26 Å². The van der Waals surface area contributed by atoms with E-state index in [0.29, 0.717) is 24.2 Å². The number of amides is 2. The Hall–Kier alpha value is -3.20. The van der Waals surface area contributed by atoms with Gasteiger partial charge in [-0.3, -0.25) is 19.5 Å². The Kier molecular flexibility index (Phi) is 4.52. The summed E-state index contributed by atoms with van der Waals surface area (Å²) in [6.45, 7) is 0.504. The molecular weight excluding hydrogens is 306 g/mol. The average Bonchev–Trinajstić information content (AvgIpc) is 2.94. The molecule has 1 aromatic carbocycles. The molecule has 3 rings (SSSR count). The SMILES string of the molecule is N#Cc1ccc(-c2ccc(OCCN3C(=O)CCC3=O)cn2)cc1. The highest BCUT2D eigenvalue weighted by atomic mass is 16.5. The first-order valence-corrected chi connectivity index (χ1v) is 7.60. The Balaban J connectivity index is 1.57. The van der Waals surface area contributed by atoms with Crippen LogP contribution in [-0.4, -0.2) is 34.8 Å². The molecule has 6 heteroatoms. The molecule has 0 radical (unpaired) electrons. The molecular formula is C18H15N3O3. The Morgan fingerprint density at radius 1 is 1.08 bits per heavy atom. The molecule has 1 aliphatic rings. The molecule has 0 unspecified atom stereocenters. The Labute approximate surface area is 139 Å². The normalized spacial score (nSPS) is 13.9. The van der Waals surface area contributed by atoms with Gasteiger partial charge in [0.25, 0.3) is 0 Å².